The zero-order valence-corrected chi connectivity index (χ0v) is 41.5. The smallest absolute Gasteiger partial charge is 0.302 e. The molecule has 74 heavy (non-hydrogen) atoms. The summed E-state index contributed by atoms with van der Waals surface area (Å²) in [5.74, 6) is 0.0514. The van der Waals surface area contributed by atoms with Crippen LogP contribution in [0.4, 0.5) is 0 Å². The van der Waals surface area contributed by atoms with E-state index < -0.39 is 67.4 Å². The number of benzene rings is 7. The second-order valence-corrected chi connectivity index (χ2v) is 18.2. The molecule has 12 heteroatoms. The first-order chi connectivity index (χ1) is 36.5. The molecule has 2 aliphatic rings. The van der Waals surface area contributed by atoms with E-state index in [1.54, 1.807) is 0 Å². The van der Waals surface area contributed by atoms with Gasteiger partial charge in [-0.2, -0.15) is 0 Å². The van der Waals surface area contributed by atoms with Crippen molar-refractivity contribution in [2.24, 2.45) is 0 Å². The molecule has 0 amide bonds. The van der Waals surface area contributed by atoms with Crippen LogP contribution in [-0.4, -0.2) is 80.6 Å². The number of para-hydroxylation sites is 1. The van der Waals surface area contributed by atoms with Crippen molar-refractivity contribution in [3.05, 3.63) is 246 Å². The van der Waals surface area contributed by atoms with Gasteiger partial charge in [0.15, 0.2) is 12.4 Å². The minimum Gasteiger partial charge on any atom is -0.463 e. The van der Waals surface area contributed by atoms with Crippen LogP contribution in [0.1, 0.15) is 40.3 Å². The van der Waals surface area contributed by atoms with Gasteiger partial charge >= 0.3 is 5.97 Å². The molecule has 384 valence electrons. The fourth-order valence-corrected chi connectivity index (χ4v) is 9.02. The van der Waals surface area contributed by atoms with Crippen molar-refractivity contribution < 1.29 is 56.9 Å². The number of ether oxygens (including phenoxy) is 11. The molecular formula is C62H64O12. The second kappa shape index (κ2) is 27.7. The zero-order valence-electron chi connectivity index (χ0n) is 41.5. The summed E-state index contributed by atoms with van der Waals surface area (Å²) in [4.78, 5) is 12.6. The van der Waals surface area contributed by atoms with Gasteiger partial charge in [0.1, 0.15) is 55.1 Å². The van der Waals surface area contributed by atoms with Crippen LogP contribution >= 0.6 is 0 Å². The van der Waals surface area contributed by atoms with Gasteiger partial charge in [-0.3, -0.25) is 4.79 Å². The first-order valence-electron chi connectivity index (χ1n) is 25.2. The number of hydrogen-bond acceptors (Lipinski definition) is 12. The highest BCUT2D eigenvalue weighted by molar-refractivity contribution is 5.65. The van der Waals surface area contributed by atoms with Crippen molar-refractivity contribution >= 4 is 5.97 Å². The van der Waals surface area contributed by atoms with E-state index in [0.717, 1.165) is 33.4 Å². The van der Waals surface area contributed by atoms with E-state index in [0.29, 0.717) is 12.4 Å². The van der Waals surface area contributed by atoms with Crippen LogP contribution in [0.5, 0.6) is 5.75 Å². The maximum atomic E-state index is 12.6. The summed E-state index contributed by atoms with van der Waals surface area (Å²) in [6.07, 6.45) is -9.35. The molecule has 9 rings (SSSR count). The molecule has 0 bridgehead atoms. The maximum Gasteiger partial charge on any atom is 0.302 e. The van der Waals surface area contributed by atoms with E-state index in [2.05, 4.69) is 0 Å². The third kappa shape index (κ3) is 15.3. The van der Waals surface area contributed by atoms with Crippen LogP contribution < -0.4 is 4.74 Å². The van der Waals surface area contributed by atoms with Crippen LogP contribution in [0, 0.1) is 0 Å². The first kappa shape index (κ1) is 52.3. The molecule has 0 aromatic heterocycles. The van der Waals surface area contributed by atoms with Gasteiger partial charge in [-0.15, -0.1) is 0 Å². The highest BCUT2D eigenvalue weighted by atomic mass is 16.8. The molecule has 0 radical (unpaired) electrons. The number of carbonyl (C=O) groups excluding carboxylic acids is 1. The molecule has 0 spiro atoms. The highest BCUT2D eigenvalue weighted by Gasteiger charge is 2.55. The fraction of sp³-hybridized carbons (Fsp3) is 0.306. The Balaban J connectivity index is 1.13. The summed E-state index contributed by atoms with van der Waals surface area (Å²) in [6.45, 7) is 2.66. The summed E-state index contributed by atoms with van der Waals surface area (Å²) in [6, 6.07) is 68.9. The molecule has 0 unspecified atom stereocenters. The summed E-state index contributed by atoms with van der Waals surface area (Å²) >= 11 is 0. The van der Waals surface area contributed by atoms with Crippen LogP contribution in [0.2, 0.25) is 0 Å². The Morgan fingerprint density at radius 3 is 1.09 bits per heavy atom. The van der Waals surface area contributed by atoms with Gasteiger partial charge in [0, 0.05) is 6.92 Å². The van der Waals surface area contributed by atoms with Gasteiger partial charge in [-0.05, 0) is 45.5 Å². The van der Waals surface area contributed by atoms with Gasteiger partial charge in [0.05, 0.1) is 46.2 Å². The highest BCUT2D eigenvalue weighted by Crippen LogP contribution is 2.37. The number of carbonyl (C=O) groups is 1. The van der Waals surface area contributed by atoms with Crippen molar-refractivity contribution in [2.45, 2.75) is 108 Å². The zero-order chi connectivity index (χ0) is 50.6. The molecule has 0 saturated carbocycles. The molecule has 2 saturated heterocycles. The van der Waals surface area contributed by atoms with E-state index in [9.17, 15) is 4.79 Å². The van der Waals surface area contributed by atoms with E-state index in [-0.39, 0.29) is 46.2 Å². The van der Waals surface area contributed by atoms with Gasteiger partial charge in [-0.25, -0.2) is 0 Å². The standard InChI is InChI=1S/C62H64O12/c1-45(63)65-44-54-56(67-39-48-27-13-4-14-28-48)57(68-40-49-29-15-5-16-30-49)59(70-42-51-33-19-7-20-34-51)61(73-54)74-60-58(69-41-50-31-17-6-18-32-50)55(66-38-47-25-11-3-12-26-47)53(43-64-37-46-23-9-2-10-24-46)72-62(60)71-52-35-21-8-22-36-52/h2-36,53-62H,37-44H2,1H3/t53-,54-,55-,56-,57+,58+,59+,60+,61-,62+/m1/s1. The van der Waals surface area contributed by atoms with Crippen molar-refractivity contribution in [1.29, 1.82) is 0 Å². The minimum absolute atomic E-state index is 0.129. The van der Waals surface area contributed by atoms with Crippen LogP contribution in [0.3, 0.4) is 0 Å². The lowest BCUT2D eigenvalue weighted by Gasteiger charge is -2.50. The molecule has 0 N–H and O–H groups in total. The lowest BCUT2D eigenvalue weighted by atomic mass is 9.96. The Morgan fingerprint density at radius 1 is 0.365 bits per heavy atom. The second-order valence-electron chi connectivity index (χ2n) is 18.2. The minimum atomic E-state index is -1.23. The summed E-state index contributed by atoms with van der Waals surface area (Å²) in [5.41, 5.74) is 5.68. The topological polar surface area (TPSA) is 119 Å². The molecule has 12 nitrogen and oxygen atoms in total. The molecule has 10 atom stereocenters. The third-order valence-electron chi connectivity index (χ3n) is 12.7. The van der Waals surface area contributed by atoms with Crippen LogP contribution in [0.25, 0.3) is 0 Å². The Labute approximate surface area is 433 Å². The van der Waals surface area contributed by atoms with Crippen molar-refractivity contribution in [3.63, 3.8) is 0 Å². The van der Waals surface area contributed by atoms with Crippen molar-refractivity contribution in [3.8, 4) is 5.75 Å². The normalized spacial score (nSPS) is 23.7. The quantitative estimate of drug-likeness (QED) is 0.0507. The van der Waals surface area contributed by atoms with Crippen molar-refractivity contribution in [1.82, 2.24) is 0 Å². The summed E-state index contributed by atoms with van der Waals surface area (Å²) < 4.78 is 75.6. The average Bonchev–Trinajstić information content (AvgIpc) is 3.45. The lowest BCUT2D eigenvalue weighted by molar-refractivity contribution is -0.375. The number of esters is 1. The van der Waals surface area contributed by atoms with Gasteiger partial charge in [0.2, 0.25) is 6.29 Å². The summed E-state index contributed by atoms with van der Waals surface area (Å²) in [7, 11) is 0. The lowest BCUT2D eigenvalue weighted by Crippen LogP contribution is -2.67. The first-order valence-corrected chi connectivity index (χ1v) is 25.2. The molecule has 7 aromatic carbocycles. The van der Waals surface area contributed by atoms with Crippen LogP contribution in [-0.2, 0) is 91.8 Å². The van der Waals surface area contributed by atoms with Gasteiger partial charge in [0.25, 0.3) is 0 Å². The average molecular weight is 1000 g/mol. The molecule has 7 aromatic rings. The Bertz CT molecular complexity index is 2650. The number of hydrogen-bond donors (Lipinski definition) is 0. The van der Waals surface area contributed by atoms with E-state index in [1.165, 1.54) is 6.92 Å². The molecular weight excluding hydrogens is 937 g/mol. The Morgan fingerprint density at radius 2 is 0.689 bits per heavy atom. The molecule has 2 heterocycles. The maximum absolute atomic E-state index is 12.6. The molecule has 2 aliphatic heterocycles. The fourth-order valence-electron chi connectivity index (χ4n) is 9.02. The van der Waals surface area contributed by atoms with E-state index >= 15 is 0 Å². The predicted molar refractivity (Wildman–Crippen MR) is 277 cm³/mol. The van der Waals surface area contributed by atoms with E-state index in [4.69, 9.17) is 52.1 Å². The molecule has 0 aliphatic carbocycles. The third-order valence-corrected chi connectivity index (χ3v) is 12.7. The van der Waals surface area contributed by atoms with Gasteiger partial charge < -0.3 is 52.1 Å². The Hall–Kier alpha value is -6.55. The van der Waals surface area contributed by atoms with Crippen LogP contribution in [0.15, 0.2) is 212 Å². The number of rotatable bonds is 25. The SMILES string of the molecule is CC(=O)OC[C@H]1O[C@H](O[C@@H]2[C@@H](Oc3ccccc3)O[C@H](COCc3ccccc3)[C@@H](OCc3ccccc3)[C@@H]2OCc2ccccc2)[C@@H](OCc2ccccc2)[C@@H](OCc2ccccc2)[C@@H]1OCc1ccccc1. The monoisotopic (exact) mass is 1000 g/mol. The van der Waals surface area contributed by atoms with E-state index in [1.807, 2.05) is 212 Å². The largest absolute Gasteiger partial charge is 0.463 e. The summed E-state index contributed by atoms with van der Waals surface area (Å²) in [5, 5.41) is 0. The molecule has 2 fully saturated rings. The van der Waals surface area contributed by atoms with Gasteiger partial charge in [-0.1, -0.05) is 200 Å². The predicted octanol–water partition coefficient (Wildman–Crippen LogP) is 10.6. The Kier molecular flexibility index (Phi) is 19.6. The van der Waals surface area contributed by atoms with Crippen molar-refractivity contribution in [2.75, 3.05) is 13.2 Å².